The number of carboxylic acids is 1. The largest absolute Gasteiger partial charge is 0.480 e. The number of amides is 2. The molecule has 0 spiro atoms. The van der Waals surface area contributed by atoms with Gasteiger partial charge in [-0.3, -0.25) is 4.79 Å². The van der Waals surface area contributed by atoms with Crippen molar-refractivity contribution in [3.63, 3.8) is 0 Å². The van der Waals surface area contributed by atoms with Gasteiger partial charge >= 0.3 is 12.1 Å². The fourth-order valence-corrected chi connectivity index (χ4v) is 6.18. The molecule has 0 radical (unpaired) electrons. The van der Waals surface area contributed by atoms with Gasteiger partial charge in [0, 0.05) is 19.0 Å². The summed E-state index contributed by atoms with van der Waals surface area (Å²) in [6, 6.07) is 15.4. The number of alkyl carbamates (subject to hydrolysis) is 1. The number of hydrogen-bond donors (Lipinski definition) is 2. The molecule has 0 saturated heterocycles. The Morgan fingerprint density at radius 2 is 1.71 bits per heavy atom. The zero-order chi connectivity index (χ0) is 24.0. The lowest BCUT2D eigenvalue weighted by atomic mass is 9.98. The Bertz CT molecular complexity index is 1100. The summed E-state index contributed by atoms with van der Waals surface area (Å²) in [4.78, 5) is 38.6. The first-order valence-electron chi connectivity index (χ1n) is 12.0. The molecule has 4 atom stereocenters. The molecular weight excluding hydrogens is 432 g/mol. The summed E-state index contributed by atoms with van der Waals surface area (Å²) in [5, 5.41) is 12.4. The second-order valence-corrected chi connectivity index (χ2v) is 9.84. The molecule has 5 rings (SSSR count). The van der Waals surface area contributed by atoms with Gasteiger partial charge in [0.2, 0.25) is 5.91 Å². The van der Waals surface area contributed by atoms with Crippen LogP contribution in [0, 0.1) is 11.3 Å². The molecule has 0 heterocycles. The Balaban J connectivity index is 1.19. The van der Waals surface area contributed by atoms with E-state index >= 15 is 0 Å². The van der Waals surface area contributed by atoms with Crippen molar-refractivity contribution in [3.8, 4) is 11.1 Å². The molecule has 178 valence electrons. The molecular formula is C27H30N2O5. The average molecular weight is 463 g/mol. The van der Waals surface area contributed by atoms with Gasteiger partial charge in [0.15, 0.2) is 0 Å². The van der Waals surface area contributed by atoms with Crippen molar-refractivity contribution in [2.45, 2.75) is 50.6 Å². The van der Waals surface area contributed by atoms with E-state index < -0.39 is 23.5 Å². The Morgan fingerprint density at radius 1 is 1.09 bits per heavy atom. The fourth-order valence-electron chi connectivity index (χ4n) is 6.18. The first kappa shape index (κ1) is 22.4. The first-order chi connectivity index (χ1) is 16.4. The normalized spacial score (nSPS) is 25.0. The molecule has 7 nitrogen and oxygen atoms in total. The van der Waals surface area contributed by atoms with Gasteiger partial charge in [-0.1, -0.05) is 55.5 Å². The number of likely N-dealkylation sites (N-methyl/N-ethyl adjacent to an activating group) is 1. The number of carboxylic acid groups (broad SMARTS) is 1. The van der Waals surface area contributed by atoms with Gasteiger partial charge in [-0.05, 0) is 53.9 Å². The maximum Gasteiger partial charge on any atom is 0.407 e. The van der Waals surface area contributed by atoms with Crippen molar-refractivity contribution in [1.29, 1.82) is 0 Å². The van der Waals surface area contributed by atoms with E-state index in [4.69, 9.17) is 4.74 Å². The van der Waals surface area contributed by atoms with Gasteiger partial charge in [-0.2, -0.15) is 0 Å². The maximum atomic E-state index is 13.1. The summed E-state index contributed by atoms with van der Waals surface area (Å²) in [6.07, 6.45) is 1.89. The molecule has 0 aromatic heterocycles. The first-order valence-corrected chi connectivity index (χ1v) is 12.0. The van der Waals surface area contributed by atoms with Crippen LogP contribution in [0.5, 0.6) is 0 Å². The van der Waals surface area contributed by atoms with Crippen LogP contribution >= 0.6 is 0 Å². The highest BCUT2D eigenvalue weighted by Gasteiger charge is 2.66. The number of aliphatic carboxylic acids is 1. The number of benzene rings is 2. The van der Waals surface area contributed by atoms with Crippen molar-refractivity contribution in [3.05, 3.63) is 59.7 Å². The molecule has 34 heavy (non-hydrogen) atoms. The number of hydrogen-bond acceptors (Lipinski definition) is 4. The monoisotopic (exact) mass is 462 g/mol. The lowest BCUT2D eigenvalue weighted by molar-refractivity contribution is -0.151. The van der Waals surface area contributed by atoms with Gasteiger partial charge in [-0.15, -0.1) is 0 Å². The molecule has 3 aliphatic rings. The smallest absolute Gasteiger partial charge is 0.407 e. The van der Waals surface area contributed by atoms with Gasteiger partial charge < -0.3 is 20.1 Å². The van der Waals surface area contributed by atoms with Crippen LogP contribution in [0.4, 0.5) is 4.79 Å². The second kappa shape index (κ2) is 8.46. The van der Waals surface area contributed by atoms with Crippen LogP contribution in [0.1, 0.15) is 49.7 Å². The second-order valence-electron chi connectivity index (χ2n) is 9.84. The van der Waals surface area contributed by atoms with Crippen LogP contribution in [0.15, 0.2) is 48.5 Å². The minimum atomic E-state index is -0.988. The lowest BCUT2D eigenvalue weighted by Gasteiger charge is -2.28. The van der Waals surface area contributed by atoms with E-state index in [-0.39, 0.29) is 30.4 Å². The number of carbonyl (C=O) groups excluding carboxylic acids is 2. The van der Waals surface area contributed by atoms with E-state index in [1.165, 1.54) is 16.0 Å². The third kappa shape index (κ3) is 3.63. The van der Waals surface area contributed by atoms with Crippen molar-refractivity contribution < 1.29 is 24.2 Å². The van der Waals surface area contributed by atoms with Crippen LogP contribution in [-0.2, 0) is 14.3 Å². The van der Waals surface area contributed by atoms with Gasteiger partial charge in [0.05, 0.1) is 5.41 Å². The summed E-state index contributed by atoms with van der Waals surface area (Å²) < 4.78 is 5.66. The van der Waals surface area contributed by atoms with E-state index in [0.717, 1.165) is 17.5 Å². The van der Waals surface area contributed by atoms with Crippen molar-refractivity contribution >= 4 is 18.0 Å². The SMILES string of the molecule is CCC(C(=O)O)N(C)C(=O)[C@@]12C[C@@H](NC(=O)OCC3c4ccccc4-c4ccccc43)C[C@@H]1C2. The van der Waals surface area contributed by atoms with E-state index in [1.54, 1.807) is 14.0 Å². The quantitative estimate of drug-likeness (QED) is 0.648. The minimum Gasteiger partial charge on any atom is -0.480 e. The van der Waals surface area contributed by atoms with Gasteiger partial charge in [0.25, 0.3) is 0 Å². The number of ether oxygens (including phenoxy) is 1. The minimum absolute atomic E-state index is 0.00121. The molecule has 2 aromatic rings. The third-order valence-electron chi connectivity index (χ3n) is 7.96. The summed E-state index contributed by atoms with van der Waals surface area (Å²) in [5.41, 5.74) is 4.14. The van der Waals surface area contributed by atoms with Gasteiger partial charge in [0.1, 0.15) is 12.6 Å². The van der Waals surface area contributed by atoms with Crippen LogP contribution < -0.4 is 5.32 Å². The van der Waals surface area contributed by atoms with E-state index in [9.17, 15) is 19.5 Å². The predicted octanol–water partition coefficient (Wildman–Crippen LogP) is 4.02. The highest BCUT2D eigenvalue weighted by Crippen LogP contribution is 2.64. The standard InChI is InChI=1S/C27H30N2O5/c1-3-23(24(30)31)29(2)25(32)27-13-16(27)12-17(14-27)28-26(33)34-15-22-20-10-6-4-8-18(20)19-9-5-7-11-21(19)22/h4-11,16-17,22-23H,3,12-15H2,1-2H3,(H,28,33)(H,30,31)/t16-,17+,23?,27+/m1/s1. The molecule has 2 amide bonds. The lowest BCUT2D eigenvalue weighted by Crippen LogP contribution is -2.46. The Kier molecular flexibility index (Phi) is 5.58. The predicted molar refractivity (Wildman–Crippen MR) is 126 cm³/mol. The molecule has 0 bridgehead atoms. The highest BCUT2D eigenvalue weighted by atomic mass is 16.5. The molecule has 2 fully saturated rings. The van der Waals surface area contributed by atoms with E-state index in [0.29, 0.717) is 19.3 Å². The Hall–Kier alpha value is -3.35. The number of nitrogens with one attached hydrogen (secondary N) is 1. The molecule has 2 saturated carbocycles. The summed E-state index contributed by atoms with van der Waals surface area (Å²) >= 11 is 0. The maximum absolute atomic E-state index is 13.1. The van der Waals surface area contributed by atoms with Crippen LogP contribution in [0.2, 0.25) is 0 Å². The average Bonchev–Trinajstić information content (AvgIpc) is 3.25. The molecule has 3 aliphatic carbocycles. The van der Waals surface area contributed by atoms with Crippen LogP contribution in [-0.4, -0.2) is 53.7 Å². The number of nitrogens with zero attached hydrogens (tertiary/aromatic N) is 1. The third-order valence-corrected chi connectivity index (χ3v) is 7.96. The summed E-state index contributed by atoms with van der Waals surface area (Å²) in [5.74, 6) is -0.923. The molecule has 7 heteroatoms. The fraction of sp³-hybridized carbons (Fsp3) is 0.444. The summed E-state index contributed by atoms with van der Waals surface area (Å²) in [6.45, 7) is 2.01. The number of fused-ring (bicyclic) bond motifs is 4. The highest BCUT2D eigenvalue weighted by molar-refractivity contribution is 5.90. The topological polar surface area (TPSA) is 95.9 Å². The van der Waals surface area contributed by atoms with E-state index in [1.807, 2.05) is 24.3 Å². The summed E-state index contributed by atoms with van der Waals surface area (Å²) in [7, 11) is 1.57. The van der Waals surface area contributed by atoms with Crippen molar-refractivity contribution in [1.82, 2.24) is 10.2 Å². The number of carbonyl (C=O) groups is 3. The van der Waals surface area contributed by atoms with Crippen LogP contribution in [0.3, 0.4) is 0 Å². The van der Waals surface area contributed by atoms with Crippen LogP contribution in [0.25, 0.3) is 11.1 Å². The Morgan fingerprint density at radius 3 is 2.29 bits per heavy atom. The van der Waals surface area contributed by atoms with Crippen molar-refractivity contribution in [2.24, 2.45) is 11.3 Å². The Labute approximate surface area is 199 Å². The molecule has 0 aliphatic heterocycles. The molecule has 2 aromatic carbocycles. The zero-order valence-electron chi connectivity index (χ0n) is 19.5. The number of rotatable bonds is 7. The van der Waals surface area contributed by atoms with E-state index in [2.05, 4.69) is 29.6 Å². The van der Waals surface area contributed by atoms with Gasteiger partial charge in [-0.25, -0.2) is 9.59 Å². The van der Waals surface area contributed by atoms with Crippen molar-refractivity contribution in [2.75, 3.05) is 13.7 Å². The zero-order valence-corrected chi connectivity index (χ0v) is 19.5. The molecule has 2 N–H and O–H groups in total. The molecule has 1 unspecified atom stereocenters.